The summed E-state index contributed by atoms with van der Waals surface area (Å²) in [5.41, 5.74) is 1.94. The molecule has 2 aromatic carbocycles. The Morgan fingerprint density at radius 1 is 0.889 bits per heavy atom. The Kier molecular flexibility index (Phi) is 8.81. The quantitative estimate of drug-likeness (QED) is 0.577. The van der Waals surface area contributed by atoms with Gasteiger partial charge in [-0.25, -0.2) is 4.79 Å². The zero-order valence-corrected chi connectivity index (χ0v) is 16.5. The monoisotopic (exact) mass is 370 g/mol. The Bertz CT molecular complexity index is 620. The van der Waals surface area contributed by atoms with Gasteiger partial charge in [0.05, 0.1) is 13.2 Å². The van der Waals surface area contributed by atoms with Gasteiger partial charge in [0, 0.05) is 6.54 Å². The van der Waals surface area contributed by atoms with Gasteiger partial charge in [-0.1, -0.05) is 74.5 Å². The highest BCUT2D eigenvalue weighted by Gasteiger charge is 2.29. The largest absolute Gasteiger partial charge is 0.448 e. The maximum Gasteiger partial charge on any atom is 0.434 e. The van der Waals surface area contributed by atoms with E-state index in [1.807, 2.05) is 60.7 Å². The number of ether oxygens (including phenoxy) is 1. The van der Waals surface area contributed by atoms with Crippen molar-refractivity contribution in [3.8, 4) is 0 Å². The van der Waals surface area contributed by atoms with Crippen LogP contribution in [0.4, 0.5) is 4.79 Å². The van der Waals surface area contributed by atoms with Crippen molar-refractivity contribution in [2.75, 3.05) is 32.8 Å². The van der Waals surface area contributed by atoms with Crippen molar-refractivity contribution in [1.82, 2.24) is 9.96 Å². The molecular weight excluding hydrogens is 340 g/mol. The maximum atomic E-state index is 12.7. The fourth-order valence-corrected chi connectivity index (χ4v) is 2.96. The van der Waals surface area contributed by atoms with Crippen LogP contribution in [0.1, 0.15) is 37.9 Å². The predicted octanol–water partition coefficient (Wildman–Crippen LogP) is 4.51. The molecule has 0 saturated carbocycles. The second-order valence-corrected chi connectivity index (χ2v) is 6.11. The summed E-state index contributed by atoms with van der Waals surface area (Å²) < 4.78 is 5.29. The third kappa shape index (κ3) is 6.08. The minimum Gasteiger partial charge on any atom is -0.448 e. The molecule has 0 saturated heterocycles. The minimum atomic E-state index is -0.477. The lowest BCUT2D eigenvalue weighted by Gasteiger charge is -2.31. The van der Waals surface area contributed by atoms with Crippen molar-refractivity contribution >= 4 is 6.09 Å². The van der Waals surface area contributed by atoms with Crippen molar-refractivity contribution in [3.63, 3.8) is 0 Å². The molecule has 146 valence electrons. The van der Waals surface area contributed by atoms with Gasteiger partial charge in [0.25, 0.3) is 0 Å². The number of hydrogen-bond donors (Lipinski definition) is 0. The summed E-state index contributed by atoms with van der Waals surface area (Å²) in [4.78, 5) is 20.9. The molecule has 0 atom stereocenters. The van der Waals surface area contributed by atoms with Gasteiger partial charge in [-0.3, -0.25) is 4.84 Å². The molecule has 0 heterocycles. The Morgan fingerprint density at radius 3 is 1.85 bits per heavy atom. The normalized spacial score (nSPS) is 11.0. The Hall–Kier alpha value is -2.37. The number of benzene rings is 2. The molecule has 2 aromatic rings. The first-order chi connectivity index (χ1) is 13.2. The number of hydroxylamine groups is 2. The van der Waals surface area contributed by atoms with E-state index in [0.29, 0.717) is 13.2 Å². The smallest absolute Gasteiger partial charge is 0.434 e. The molecular formula is C22H30N2O3. The van der Waals surface area contributed by atoms with Gasteiger partial charge in [-0.2, -0.15) is 5.06 Å². The number of carbonyl (C=O) groups is 1. The molecule has 27 heavy (non-hydrogen) atoms. The van der Waals surface area contributed by atoms with E-state index in [2.05, 4.69) is 18.7 Å². The predicted molar refractivity (Wildman–Crippen MR) is 107 cm³/mol. The minimum absolute atomic E-state index is 0.297. The summed E-state index contributed by atoms with van der Waals surface area (Å²) >= 11 is 0. The Labute approximate surface area is 162 Å². The molecule has 2 rings (SSSR count). The van der Waals surface area contributed by atoms with E-state index in [-0.39, 0.29) is 6.04 Å². The van der Waals surface area contributed by atoms with Gasteiger partial charge in [0.15, 0.2) is 0 Å². The van der Waals surface area contributed by atoms with Gasteiger partial charge in [0.2, 0.25) is 0 Å². The number of nitrogens with zero attached hydrogens (tertiary/aromatic N) is 2. The number of rotatable bonds is 10. The SMILES string of the molecule is CCOC(=O)N(OCCN(CC)CC)C(c1ccccc1)c1ccccc1. The van der Waals surface area contributed by atoms with Gasteiger partial charge in [-0.05, 0) is 31.1 Å². The summed E-state index contributed by atoms with van der Waals surface area (Å²) in [7, 11) is 0. The van der Waals surface area contributed by atoms with Crippen LogP contribution < -0.4 is 0 Å². The fraction of sp³-hybridized carbons (Fsp3) is 0.409. The van der Waals surface area contributed by atoms with Crippen molar-refractivity contribution < 1.29 is 14.4 Å². The first kappa shape index (κ1) is 20.9. The van der Waals surface area contributed by atoms with Crippen LogP contribution in [0.15, 0.2) is 60.7 Å². The number of carbonyl (C=O) groups excluding carboxylic acids is 1. The average Bonchev–Trinajstić information content (AvgIpc) is 2.72. The maximum absolute atomic E-state index is 12.7. The molecule has 0 aliphatic rings. The standard InChI is InChI=1S/C22H30N2O3/c1-4-23(5-2)17-18-27-24(22(25)26-6-3)21(19-13-9-7-10-14-19)20-15-11-8-12-16-20/h7-16,21H,4-6,17-18H2,1-3H3. The molecule has 0 aromatic heterocycles. The fourth-order valence-electron chi connectivity index (χ4n) is 2.96. The molecule has 0 radical (unpaired) electrons. The zero-order chi connectivity index (χ0) is 19.5. The second-order valence-electron chi connectivity index (χ2n) is 6.11. The third-order valence-corrected chi connectivity index (χ3v) is 4.45. The van der Waals surface area contributed by atoms with Crippen LogP contribution in [0.25, 0.3) is 0 Å². The van der Waals surface area contributed by atoms with Crippen LogP contribution in [-0.4, -0.2) is 48.9 Å². The van der Waals surface area contributed by atoms with E-state index in [0.717, 1.165) is 30.8 Å². The van der Waals surface area contributed by atoms with E-state index < -0.39 is 6.09 Å². The van der Waals surface area contributed by atoms with Crippen LogP contribution in [0.3, 0.4) is 0 Å². The van der Waals surface area contributed by atoms with Gasteiger partial charge in [-0.15, -0.1) is 0 Å². The topological polar surface area (TPSA) is 42.0 Å². The molecule has 0 N–H and O–H groups in total. The highest BCUT2D eigenvalue weighted by molar-refractivity contribution is 5.67. The first-order valence-electron chi connectivity index (χ1n) is 9.62. The number of amides is 1. The highest BCUT2D eigenvalue weighted by Crippen LogP contribution is 2.29. The summed E-state index contributed by atoms with van der Waals surface area (Å²) in [6, 6.07) is 19.4. The van der Waals surface area contributed by atoms with E-state index in [4.69, 9.17) is 9.57 Å². The van der Waals surface area contributed by atoms with E-state index in [1.54, 1.807) is 6.92 Å². The van der Waals surface area contributed by atoms with Crippen LogP contribution in [-0.2, 0) is 9.57 Å². The van der Waals surface area contributed by atoms with Gasteiger partial charge < -0.3 is 9.64 Å². The van der Waals surface area contributed by atoms with E-state index >= 15 is 0 Å². The van der Waals surface area contributed by atoms with E-state index in [1.165, 1.54) is 5.06 Å². The third-order valence-electron chi connectivity index (χ3n) is 4.45. The average molecular weight is 370 g/mol. The van der Waals surface area contributed by atoms with Crippen LogP contribution in [0.5, 0.6) is 0 Å². The van der Waals surface area contributed by atoms with Crippen molar-refractivity contribution in [3.05, 3.63) is 71.8 Å². The molecule has 1 amide bonds. The summed E-state index contributed by atoms with van der Waals surface area (Å²) in [5, 5.41) is 1.37. The number of likely N-dealkylation sites (N-methyl/N-ethyl adjacent to an activating group) is 1. The molecule has 0 unspecified atom stereocenters. The molecule has 0 fully saturated rings. The van der Waals surface area contributed by atoms with Crippen molar-refractivity contribution in [2.24, 2.45) is 0 Å². The van der Waals surface area contributed by atoms with Gasteiger partial charge >= 0.3 is 6.09 Å². The Morgan fingerprint density at radius 2 is 1.41 bits per heavy atom. The molecule has 0 aliphatic heterocycles. The zero-order valence-electron chi connectivity index (χ0n) is 16.5. The van der Waals surface area contributed by atoms with E-state index in [9.17, 15) is 4.79 Å². The molecule has 5 nitrogen and oxygen atoms in total. The first-order valence-corrected chi connectivity index (χ1v) is 9.62. The summed E-state index contributed by atoms with van der Waals surface area (Å²) in [5.74, 6) is 0. The number of hydrogen-bond acceptors (Lipinski definition) is 4. The lowest BCUT2D eigenvalue weighted by molar-refractivity contribution is -0.157. The summed E-state index contributed by atoms with van der Waals surface area (Å²) in [6.45, 7) is 9.37. The lowest BCUT2D eigenvalue weighted by Crippen LogP contribution is -2.38. The molecule has 0 bridgehead atoms. The molecule has 5 heteroatoms. The van der Waals surface area contributed by atoms with Crippen LogP contribution in [0.2, 0.25) is 0 Å². The Balaban J connectivity index is 2.30. The lowest BCUT2D eigenvalue weighted by atomic mass is 9.98. The van der Waals surface area contributed by atoms with Crippen LogP contribution >= 0.6 is 0 Å². The molecule has 0 spiro atoms. The highest BCUT2D eigenvalue weighted by atomic mass is 16.7. The van der Waals surface area contributed by atoms with Crippen molar-refractivity contribution in [2.45, 2.75) is 26.8 Å². The van der Waals surface area contributed by atoms with Gasteiger partial charge in [0.1, 0.15) is 6.04 Å². The molecule has 0 aliphatic carbocycles. The van der Waals surface area contributed by atoms with Crippen LogP contribution in [0, 0.1) is 0 Å². The van der Waals surface area contributed by atoms with Crippen molar-refractivity contribution in [1.29, 1.82) is 0 Å². The second kappa shape index (κ2) is 11.4. The summed E-state index contributed by atoms with van der Waals surface area (Å²) in [6.07, 6.45) is -0.477.